The molecule has 42 heavy (non-hydrogen) atoms. The minimum absolute atomic E-state index is 0.0671. The molecule has 2 aromatic heterocycles. The van der Waals surface area contributed by atoms with E-state index in [0.29, 0.717) is 5.82 Å². The van der Waals surface area contributed by atoms with Crippen molar-refractivity contribution in [2.45, 2.75) is 19.3 Å². The van der Waals surface area contributed by atoms with Gasteiger partial charge >= 0.3 is 0 Å². The van der Waals surface area contributed by atoms with E-state index in [0.717, 1.165) is 49.7 Å². The van der Waals surface area contributed by atoms with Crippen LogP contribution in [-0.4, -0.2) is 9.97 Å². The Kier molecular flexibility index (Phi) is 4.67. The van der Waals surface area contributed by atoms with Gasteiger partial charge in [-0.05, 0) is 75.5 Å². The molecule has 0 atom stereocenters. The van der Waals surface area contributed by atoms with Crippen molar-refractivity contribution in [3.63, 3.8) is 0 Å². The van der Waals surface area contributed by atoms with Gasteiger partial charge < -0.3 is 4.42 Å². The van der Waals surface area contributed by atoms with Gasteiger partial charge in [-0.2, -0.15) is 0 Å². The van der Waals surface area contributed by atoms with Crippen molar-refractivity contribution >= 4 is 43.6 Å². The summed E-state index contributed by atoms with van der Waals surface area (Å²) in [6.45, 7) is 4.60. The fourth-order valence-corrected chi connectivity index (χ4v) is 6.87. The van der Waals surface area contributed by atoms with E-state index in [9.17, 15) is 0 Å². The fourth-order valence-electron chi connectivity index (χ4n) is 6.87. The minimum atomic E-state index is -0.0671. The van der Waals surface area contributed by atoms with Crippen LogP contribution in [0.15, 0.2) is 126 Å². The summed E-state index contributed by atoms with van der Waals surface area (Å²) < 4.78 is 6.42. The van der Waals surface area contributed by atoms with Crippen LogP contribution in [0.1, 0.15) is 25.0 Å². The van der Waals surface area contributed by atoms with Crippen molar-refractivity contribution in [2.24, 2.45) is 0 Å². The first-order valence-electron chi connectivity index (χ1n) is 14.4. The maximum atomic E-state index is 6.42. The topological polar surface area (TPSA) is 38.9 Å². The maximum Gasteiger partial charge on any atom is 0.160 e. The van der Waals surface area contributed by atoms with E-state index in [2.05, 4.69) is 129 Å². The first kappa shape index (κ1) is 23.4. The molecule has 0 saturated heterocycles. The first-order chi connectivity index (χ1) is 20.5. The van der Waals surface area contributed by atoms with E-state index in [1.165, 1.54) is 33.0 Å². The molecule has 6 aromatic carbocycles. The van der Waals surface area contributed by atoms with Gasteiger partial charge in [0.1, 0.15) is 11.2 Å². The summed E-state index contributed by atoms with van der Waals surface area (Å²) in [5, 5.41) is 5.66. The van der Waals surface area contributed by atoms with Crippen molar-refractivity contribution in [1.29, 1.82) is 0 Å². The van der Waals surface area contributed by atoms with Crippen molar-refractivity contribution < 1.29 is 4.42 Å². The van der Waals surface area contributed by atoms with Crippen LogP contribution in [0.3, 0.4) is 0 Å². The lowest BCUT2D eigenvalue weighted by molar-refractivity contribution is 0.647. The lowest BCUT2D eigenvalue weighted by Gasteiger charge is -2.21. The highest BCUT2D eigenvalue weighted by Crippen LogP contribution is 2.50. The molecule has 0 unspecified atom stereocenters. The monoisotopic (exact) mass is 538 g/mol. The van der Waals surface area contributed by atoms with Gasteiger partial charge in [0.05, 0.1) is 11.2 Å². The lowest BCUT2D eigenvalue weighted by atomic mass is 9.82. The minimum Gasteiger partial charge on any atom is -0.456 e. The number of rotatable bonds is 2. The van der Waals surface area contributed by atoms with Gasteiger partial charge in [-0.25, -0.2) is 9.97 Å². The van der Waals surface area contributed by atoms with Crippen LogP contribution >= 0.6 is 0 Å². The highest BCUT2D eigenvalue weighted by atomic mass is 16.3. The molecular formula is C39H26N2O. The molecule has 1 aliphatic carbocycles. The van der Waals surface area contributed by atoms with Gasteiger partial charge in [-0.15, -0.1) is 0 Å². The van der Waals surface area contributed by atoms with Gasteiger partial charge in [0, 0.05) is 32.7 Å². The number of fused-ring (bicyclic) bond motifs is 8. The second-order valence-corrected chi connectivity index (χ2v) is 11.9. The van der Waals surface area contributed by atoms with Gasteiger partial charge in [0.2, 0.25) is 0 Å². The molecule has 9 rings (SSSR count). The highest BCUT2D eigenvalue weighted by Gasteiger charge is 2.36. The Morgan fingerprint density at radius 2 is 1.29 bits per heavy atom. The van der Waals surface area contributed by atoms with Crippen molar-refractivity contribution in [1.82, 2.24) is 9.97 Å². The average molecular weight is 539 g/mol. The second-order valence-electron chi connectivity index (χ2n) is 11.9. The Balaban J connectivity index is 1.25. The molecule has 2 heterocycles. The Labute approximate surface area is 243 Å². The third-order valence-electron chi connectivity index (χ3n) is 9.06. The van der Waals surface area contributed by atoms with Crippen molar-refractivity contribution in [2.75, 3.05) is 0 Å². The molecule has 3 heteroatoms. The van der Waals surface area contributed by atoms with Crippen LogP contribution in [0.25, 0.3) is 77.4 Å². The summed E-state index contributed by atoms with van der Waals surface area (Å²) in [6.07, 6.45) is 0. The summed E-state index contributed by atoms with van der Waals surface area (Å²) in [6, 6.07) is 42.9. The SMILES string of the molecule is CC1(C)c2ccccc2-c2cc3c(cc21)oc1ccc(-c2nc(-c4ccc5ccccc5c4)c4ccccc4n2)cc13. The molecule has 8 aromatic rings. The van der Waals surface area contributed by atoms with Gasteiger partial charge in [0.15, 0.2) is 5.82 Å². The molecule has 1 aliphatic rings. The molecule has 0 fully saturated rings. The first-order valence-corrected chi connectivity index (χ1v) is 14.4. The Morgan fingerprint density at radius 1 is 0.524 bits per heavy atom. The summed E-state index contributed by atoms with van der Waals surface area (Å²) in [5.74, 6) is 0.709. The Bertz CT molecular complexity index is 2400. The zero-order valence-electron chi connectivity index (χ0n) is 23.3. The van der Waals surface area contributed by atoms with Gasteiger partial charge in [0.25, 0.3) is 0 Å². The molecule has 0 saturated carbocycles. The molecule has 0 amide bonds. The van der Waals surface area contributed by atoms with Crippen LogP contribution in [0, 0.1) is 0 Å². The second kappa shape index (κ2) is 8.37. The van der Waals surface area contributed by atoms with E-state index in [1.54, 1.807) is 0 Å². The average Bonchev–Trinajstić information content (AvgIpc) is 3.50. The normalized spacial score (nSPS) is 13.7. The molecule has 3 nitrogen and oxygen atoms in total. The molecule has 0 N–H and O–H groups in total. The van der Waals surface area contributed by atoms with Crippen LogP contribution in [0.4, 0.5) is 0 Å². The largest absolute Gasteiger partial charge is 0.456 e. The lowest BCUT2D eigenvalue weighted by Crippen LogP contribution is -2.14. The summed E-state index contributed by atoms with van der Waals surface area (Å²) >= 11 is 0. The van der Waals surface area contributed by atoms with E-state index >= 15 is 0 Å². The van der Waals surface area contributed by atoms with Gasteiger partial charge in [-0.1, -0.05) is 92.7 Å². The third-order valence-corrected chi connectivity index (χ3v) is 9.06. The predicted molar refractivity (Wildman–Crippen MR) is 173 cm³/mol. The fraction of sp³-hybridized carbons (Fsp3) is 0.0769. The number of aromatic nitrogens is 2. The summed E-state index contributed by atoms with van der Waals surface area (Å²) in [4.78, 5) is 10.2. The maximum absolute atomic E-state index is 6.42. The van der Waals surface area contributed by atoms with E-state index in [-0.39, 0.29) is 5.41 Å². The van der Waals surface area contributed by atoms with E-state index < -0.39 is 0 Å². The number of nitrogens with zero attached hydrogens (tertiary/aromatic N) is 2. The van der Waals surface area contributed by atoms with Crippen LogP contribution in [0.2, 0.25) is 0 Å². The van der Waals surface area contributed by atoms with Crippen molar-refractivity contribution in [3.05, 3.63) is 132 Å². The Hall–Kier alpha value is -5.28. The molecule has 0 radical (unpaired) electrons. The molecular weight excluding hydrogens is 512 g/mol. The zero-order valence-corrected chi connectivity index (χ0v) is 23.3. The quantitative estimate of drug-likeness (QED) is 0.220. The number of hydrogen-bond acceptors (Lipinski definition) is 3. The molecule has 0 bridgehead atoms. The third kappa shape index (κ3) is 3.28. The highest BCUT2D eigenvalue weighted by molar-refractivity contribution is 6.09. The summed E-state index contributed by atoms with van der Waals surface area (Å²) in [5.41, 5.74) is 10.9. The standard InChI is InChI=1S/C39H26N2O/c1-39(2)32-13-7-5-11-27(32)29-21-31-30-20-26(17-18-35(30)42-36(31)22-33(29)39)38-40-34-14-8-6-12-28(34)37(41-38)25-16-15-23-9-3-4-10-24(23)19-25/h3-22H,1-2H3. The summed E-state index contributed by atoms with van der Waals surface area (Å²) in [7, 11) is 0. The van der Waals surface area contributed by atoms with E-state index in [4.69, 9.17) is 14.4 Å². The number of furan rings is 1. The van der Waals surface area contributed by atoms with Crippen molar-refractivity contribution in [3.8, 4) is 33.8 Å². The number of hydrogen-bond donors (Lipinski definition) is 0. The van der Waals surface area contributed by atoms with Crippen LogP contribution < -0.4 is 0 Å². The molecule has 198 valence electrons. The van der Waals surface area contributed by atoms with E-state index in [1.807, 2.05) is 6.07 Å². The Morgan fingerprint density at radius 3 is 2.21 bits per heavy atom. The smallest absolute Gasteiger partial charge is 0.160 e. The zero-order chi connectivity index (χ0) is 28.0. The number of para-hydroxylation sites is 1. The van der Waals surface area contributed by atoms with Gasteiger partial charge in [-0.3, -0.25) is 0 Å². The number of benzene rings is 6. The molecule has 0 spiro atoms. The van der Waals surface area contributed by atoms with Crippen LogP contribution in [-0.2, 0) is 5.41 Å². The predicted octanol–water partition coefficient (Wildman–Crippen LogP) is 10.3. The van der Waals surface area contributed by atoms with Crippen LogP contribution in [0.5, 0.6) is 0 Å². The molecule has 0 aliphatic heterocycles.